The zero-order valence-corrected chi connectivity index (χ0v) is 22.4. The van der Waals surface area contributed by atoms with Crippen LogP contribution in [0.4, 0.5) is 4.79 Å². The number of alkyl carbamates (subject to hydrolysis) is 1. The molecule has 6 nitrogen and oxygen atoms in total. The van der Waals surface area contributed by atoms with Gasteiger partial charge in [0.1, 0.15) is 12.1 Å². The minimum atomic E-state index is -0.569. The molecule has 2 amide bonds. The molecule has 34 heavy (non-hydrogen) atoms. The van der Waals surface area contributed by atoms with Crippen molar-refractivity contribution in [3.8, 4) is 0 Å². The average Bonchev–Trinajstić information content (AvgIpc) is 2.80. The minimum Gasteiger partial charge on any atom is -0.444 e. The standard InChI is InChI=1S/C19H29N3O3.C8H16S.2H2/c1-19(2,3)25-18(24)20-13-17(23)21-16-9-11-22(12-10-16)14-15-7-5-4-6-8-15;1-9-7-8-5-3-2-4-6-8;;/h4-8,16H,9-14H2,1-3H3,(H,20,24)(H,21,23);8H,2-7H2,1H3;2*1H. The number of hydrogen-bond acceptors (Lipinski definition) is 5. The minimum absolute atomic E-state index is 0. The number of carbonyl (C=O) groups excluding carboxylic acids is 2. The summed E-state index contributed by atoms with van der Waals surface area (Å²) in [7, 11) is 0. The van der Waals surface area contributed by atoms with Crippen LogP contribution < -0.4 is 10.6 Å². The van der Waals surface area contributed by atoms with Gasteiger partial charge in [-0.25, -0.2) is 4.79 Å². The van der Waals surface area contributed by atoms with Gasteiger partial charge < -0.3 is 15.4 Å². The highest BCUT2D eigenvalue weighted by molar-refractivity contribution is 7.98. The Morgan fingerprint density at radius 3 is 2.29 bits per heavy atom. The van der Waals surface area contributed by atoms with Gasteiger partial charge in [0.15, 0.2) is 0 Å². The van der Waals surface area contributed by atoms with E-state index in [1.807, 2.05) is 17.8 Å². The predicted molar refractivity (Wildman–Crippen MR) is 146 cm³/mol. The molecule has 2 N–H and O–H groups in total. The molecular formula is C27H49N3O3S. The summed E-state index contributed by atoms with van der Waals surface area (Å²) in [5, 5.41) is 5.47. The number of likely N-dealkylation sites (tertiary alicyclic amines) is 1. The molecule has 3 rings (SSSR count). The number of nitrogens with zero attached hydrogens (tertiary/aromatic N) is 1. The quantitative estimate of drug-likeness (QED) is 0.507. The molecular weight excluding hydrogens is 446 g/mol. The molecule has 1 heterocycles. The Kier molecular flexibility index (Phi) is 12.8. The number of ether oxygens (including phenoxy) is 1. The molecule has 0 radical (unpaired) electrons. The van der Waals surface area contributed by atoms with Crippen molar-refractivity contribution in [3.63, 3.8) is 0 Å². The van der Waals surface area contributed by atoms with Gasteiger partial charge in [0, 0.05) is 28.5 Å². The first-order chi connectivity index (χ1) is 16.2. The zero-order chi connectivity index (χ0) is 24.8. The second-order valence-electron chi connectivity index (χ2n) is 10.4. The molecule has 0 aromatic heterocycles. The highest BCUT2D eigenvalue weighted by Crippen LogP contribution is 2.25. The van der Waals surface area contributed by atoms with Gasteiger partial charge in [0.05, 0.1) is 0 Å². The fourth-order valence-electron chi connectivity index (χ4n) is 4.41. The Morgan fingerprint density at radius 2 is 1.71 bits per heavy atom. The summed E-state index contributed by atoms with van der Waals surface area (Å²) < 4.78 is 5.11. The summed E-state index contributed by atoms with van der Waals surface area (Å²) in [6, 6.07) is 10.6. The van der Waals surface area contributed by atoms with Gasteiger partial charge >= 0.3 is 6.09 Å². The number of hydrogen-bond donors (Lipinski definition) is 2. The summed E-state index contributed by atoms with van der Waals surface area (Å²) >= 11 is 2.01. The highest BCUT2D eigenvalue weighted by atomic mass is 32.2. The SMILES string of the molecule is CC(C)(C)OC(=O)NCC(=O)NC1CCN(Cc2ccccc2)CC1.CSCC1CCCCC1.[HH].[HH]. The van der Waals surface area contributed by atoms with Crippen LogP contribution in [0.1, 0.15) is 74.1 Å². The number of amides is 2. The number of nitrogens with one attached hydrogen (secondary N) is 2. The molecule has 0 atom stereocenters. The molecule has 0 unspecified atom stereocenters. The van der Waals surface area contributed by atoms with Crippen LogP contribution in [-0.2, 0) is 16.1 Å². The lowest BCUT2D eigenvalue weighted by Crippen LogP contribution is -2.47. The smallest absolute Gasteiger partial charge is 0.408 e. The number of thioether (sulfide) groups is 1. The van der Waals surface area contributed by atoms with Crippen LogP contribution in [0.25, 0.3) is 0 Å². The predicted octanol–water partition coefficient (Wildman–Crippen LogP) is 5.71. The summed E-state index contributed by atoms with van der Waals surface area (Å²) in [5.41, 5.74) is 0.748. The maximum Gasteiger partial charge on any atom is 0.408 e. The zero-order valence-electron chi connectivity index (χ0n) is 21.6. The number of rotatable bonds is 7. The van der Waals surface area contributed by atoms with Crippen LogP contribution in [0, 0.1) is 5.92 Å². The van der Waals surface area contributed by atoms with Gasteiger partial charge in [-0.2, -0.15) is 11.8 Å². The van der Waals surface area contributed by atoms with Crippen molar-refractivity contribution >= 4 is 23.8 Å². The molecule has 1 aliphatic heterocycles. The lowest BCUT2D eigenvalue weighted by Gasteiger charge is -2.32. The van der Waals surface area contributed by atoms with Crippen molar-refractivity contribution in [1.29, 1.82) is 0 Å². The lowest BCUT2D eigenvalue weighted by atomic mass is 9.91. The van der Waals surface area contributed by atoms with E-state index in [9.17, 15) is 9.59 Å². The van der Waals surface area contributed by atoms with E-state index < -0.39 is 11.7 Å². The van der Waals surface area contributed by atoms with E-state index in [1.54, 1.807) is 20.8 Å². The normalized spacial score (nSPS) is 17.9. The molecule has 1 aliphatic carbocycles. The third kappa shape index (κ3) is 12.7. The molecule has 1 saturated heterocycles. The topological polar surface area (TPSA) is 70.7 Å². The number of carbonyl (C=O) groups is 2. The Morgan fingerprint density at radius 1 is 1.06 bits per heavy atom. The molecule has 1 aromatic carbocycles. The van der Waals surface area contributed by atoms with Crippen LogP contribution in [0.3, 0.4) is 0 Å². The largest absolute Gasteiger partial charge is 0.444 e. The molecule has 196 valence electrons. The third-order valence-electron chi connectivity index (χ3n) is 6.12. The van der Waals surface area contributed by atoms with Crippen molar-refractivity contribution in [2.75, 3.05) is 31.6 Å². The molecule has 0 bridgehead atoms. The third-order valence-corrected chi connectivity index (χ3v) is 6.93. The van der Waals surface area contributed by atoms with Crippen molar-refractivity contribution in [2.45, 2.75) is 83.9 Å². The van der Waals surface area contributed by atoms with E-state index in [-0.39, 0.29) is 21.3 Å². The van der Waals surface area contributed by atoms with Crippen LogP contribution in [0.2, 0.25) is 0 Å². The van der Waals surface area contributed by atoms with E-state index in [0.717, 1.165) is 38.4 Å². The maximum atomic E-state index is 12.0. The fraction of sp³-hybridized carbons (Fsp3) is 0.704. The van der Waals surface area contributed by atoms with E-state index >= 15 is 0 Å². The van der Waals surface area contributed by atoms with Gasteiger partial charge in [-0.3, -0.25) is 9.69 Å². The van der Waals surface area contributed by atoms with Crippen LogP contribution in [-0.4, -0.2) is 60.2 Å². The average molecular weight is 496 g/mol. The Bertz CT molecular complexity index is 718. The van der Waals surface area contributed by atoms with E-state index in [4.69, 9.17) is 4.74 Å². The lowest BCUT2D eigenvalue weighted by molar-refractivity contribution is -0.121. The van der Waals surface area contributed by atoms with Gasteiger partial charge in [-0.05, 0) is 69.9 Å². The van der Waals surface area contributed by atoms with Crippen LogP contribution in [0.5, 0.6) is 0 Å². The first kappa shape index (κ1) is 28.5. The summed E-state index contributed by atoms with van der Waals surface area (Å²) in [5.74, 6) is 2.29. The van der Waals surface area contributed by atoms with Crippen molar-refractivity contribution < 1.29 is 17.2 Å². The first-order valence-corrected chi connectivity index (χ1v) is 14.2. The Labute approximate surface area is 213 Å². The highest BCUT2D eigenvalue weighted by Gasteiger charge is 2.21. The van der Waals surface area contributed by atoms with Crippen LogP contribution in [0.15, 0.2) is 30.3 Å². The molecule has 1 aromatic rings. The fourth-order valence-corrected chi connectivity index (χ4v) is 5.22. The van der Waals surface area contributed by atoms with E-state index in [2.05, 4.69) is 46.1 Å². The van der Waals surface area contributed by atoms with Crippen molar-refractivity contribution in [2.24, 2.45) is 5.92 Å². The van der Waals surface area contributed by atoms with Crippen molar-refractivity contribution in [3.05, 3.63) is 35.9 Å². The number of piperidine rings is 1. The Hall–Kier alpha value is -1.73. The monoisotopic (exact) mass is 495 g/mol. The van der Waals surface area contributed by atoms with Crippen molar-refractivity contribution in [1.82, 2.24) is 15.5 Å². The van der Waals surface area contributed by atoms with Gasteiger partial charge in [-0.15, -0.1) is 0 Å². The molecule has 2 aliphatic rings. The molecule has 0 spiro atoms. The second-order valence-corrected chi connectivity index (χ2v) is 11.3. The number of benzene rings is 1. The molecule has 1 saturated carbocycles. The van der Waals surface area contributed by atoms with Gasteiger partial charge in [0.25, 0.3) is 0 Å². The summed E-state index contributed by atoms with van der Waals surface area (Å²) in [6.07, 6.45) is 11.0. The maximum absolute atomic E-state index is 12.0. The summed E-state index contributed by atoms with van der Waals surface area (Å²) in [6.45, 7) is 8.17. The van der Waals surface area contributed by atoms with E-state index in [0.29, 0.717) is 0 Å². The van der Waals surface area contributed by atoms with E-state index in [1.165, 1.54) is 43.4 Å². The van der Waals surface area contributed by atoms with Gasteiger partial charge in [-0.1, -0.05) is 49.6 Å². The second kappa shape index (κ2) is 15.3. The first-order valence-electron chi connectivity index (χ1n) is 12.8. The molecule has 2 fully saturated rings. The van der Waals surface area contributed by atoms with Crippen LogP contribution >= 0.6 is 11.8 Å². The van der Waals surface area contributed by atoms with Gasteiger partial charge in [0.2, 0.25) is 5.91 Å². The summed E-state index contributed by atoms with van der Waals surface area (Å²) in [4.78, 5) is 25.9. The Balaban J connectivity index is 0.000000944. The molecule has 7 heteroatoms.